The van der Waals surface area contributed by atoms with E-state index in [1.165, 1.54) is 17.6 Å². The smallest absolute Gasteiger partial charge is 0.336 e. The van der Waals surface area contributed by atoms with Crippen LogP contribution >= 0.6 is 11.6 Å². The van der Waals surface area contributed by atoms with E-state index in [0.29, 0.717) is 11.6 Å². The van der Waals surface area contributed by atoms with Gasteiger partial charge in [-0.3, -0.25) is 14.6 Å². The van der Waals surface area contributed by atoms with Crippen molar-refractivity contribution in [1.29, 1.82) is 0 Å². The van der Waals surface area contributed by atoms with E-state index < -0.39 is 47.7 Å². The lowest BCUT2D eigenvalue weighted by molar-refractivity contribution is -0.530. The van der Waals surface area contributed by atoms with E-state index in [-0.39, 0.29) is 6.10 Å². The minimum atomic E-state index is -2.74. The Kier molecular flexibility index (Phi) is 13.4. The highest BCUT2D eigenvalue weighted by Gasteiger charge is 2.56. The Balaban J connectivity index is 0.000000172. The zero-order chi connectivity index (χ0) is 38.8. The quantitative estimate of drug-likeness (QED) is 0.0970. The van der Waals surface area contributed by atoms with Gasteiger partial charge in [0.1, 0.15) is 6.10 Å². The first-order valence-corrected chi connectivity index (χ1v) is 18.0. The monoisotopic (exact) mass is 761 g/mol. The van der Waals surface area contributed by atoms with Gasteiger partial charge in [-0.2, -0.15) is 0 Å². The molecule has 0 radical (unpaired) electrons. The number of fused-ring (bicyclic) bond motifs is 2. The lowest BCUT2D eigenvalue weighted by Gasteiger charge is -2.48. The van der Waals surface area contributed by atoms with E-state index >= 15 is 0 Å². The lowest BCUT2D eigenvalue weighted by atomic mass is 9.86. The van der Waals surface area contributed by atoms with Gasteiger partial charge in [-0.05, 0) is 59.9 Å². The molecule has 286 valence electrons. The van der Waals surface area contributed by atoms with E-state index in [4.69, 9.17) is 52.3 Å². The first kappa shape index (κ1) is 40.3. The normalized spacial score (nSPS) is 20.0. The third-order valence-electron chi connectivity index (χ3n) is 9.42. The summed E-state index contributed by atoms with van der Waals surface area (Å²) in [4.78, 5) is 47.0. The number of nitrogens with zero attached hydrogens (tertiary/aromatic N) is 1. The second-order valence-corrected chi connectivity index (χ2v) is 13.8. The average molecular weight is 762 g/mol. The number of carbonyl (C=O) groups is 3. The van der Waals surface area contributed by atoms with E-state index in [0.717, 1.165) is 60.8 Å². The molecule has 3 aliphatic rings. The lowest BCUT2D eigenvalue weighted by Crippen LogP contribution is -2.54. The fourth-order valence-corrected chi connectivity index (χ4v) is 6.91. The topological polar surface area (TPSA) is 211 Å². The number of carboxylic acid groups (broad SMARTS) is 3. The number of nitrogens with two attached hydrogens (primary N) is 1. The Hall–Kier alpha value is -4.89. The van der Waals surface area contributed by atoms with Crippen LogP contribution in [0.2, 0.25) is 5.02 Å². The third-order valence-corrected chi connectivity index (χ3v) is 9.66. The van der Waals surface area contributed by atoms with Crippen molar-refractivity contribution in [2.75, 3.05) is 18.4 Å². The first-order valence-electron chi connectivity index (χ1n) is 17.6. The number of aromatic nitrogens is 1. The molecule has 2 heterocycles. The molecule has 1 spiro atoms. The van der Waals surface area contributed by atoms with Crippen LogP contribution in [0.5, 0.6) is 0 Å². The number of ether oxygens (including phenoxy) is 1. The van der Waals surface area contributed by atoms with Gasteiger partial charge in [0.25, 0.3) is 0 Å². The highest BCUT2D eigenvalue weighted by Crippen LogP contribution is 2.53. The number of anilines is 1. The largest absolute Gasteiger partial charge is 0.481 e. The van der Waals surface area contributed by atoms with Gasteiger partial charge in [-0.1, -0.05) is 78.7 Å². The van der Waals surface area contributed by atoms with Gasteiger partial charge >= 0.3 is 17.9 Å². The Morgan fingerprint density at radius 3 is 2.15 bits per heavy atom. The van der Waals surface area contributed by atoms with Gasteiger partial charge < -0.3 is 36.2 Å². The van der Waals surface area contributed by atoms with Gasteiger partial charge in [-0.15, -0.1) is 0 Å². The van der Waals surface area contributed by atoms with Crippen molar-refractivity contribution in [2.45, 2.75) is 74.5 Å². The van der Waals surface area contributed by atoms with Crippen molar-refractivity contribution >= 4 is 51.7 Å². The molecule has 1 aliphatic heterocycles. The van der Waals surface area contributed by atoms with E-state index in [1.54, 1.807) is 6.20 Å². The summed E-state index contributed by atoms with van der Waals surface area (Å²) < 4.78 is 6.62. The summed E-state index contributed by atoms with van der Waals surface area (Å²) in [6, 6.07) is 28.5. The zero-order valence-electron chi connectivity index (χ0n) is 29.5. The zero-order valence-corrected chi connectivity index (χ0v) is 30.3. The molecule has 14 heteroatoms. The van der Waals surface area contributed by atoms with Crippen LogP contribution in [0, 0.1) is 0 Å². The van der Waals surface area contributed by atoms with Crippen LogP contribution < -0.4 is 11.1 Å². The number of rotatable bonds is 10. The Labute approximate surface area is 317 Å². The second-order valence-electron chi connectivity index (χ2n) is 13.4. The molecule has 1 saturated heterocycles. The average Bonchev–Trinajstić information content (AvgIpc) is 3.54. The van der Waals surface area contributed by atoms with Crippen LogP contribution in [0.25, 0.3) is 16.5 Å². The number of hydrogen-bond donors (Lipinski definition) is 6. The van der Waals surface area contributed by atoms with Crippen LogP contribution in [0.4, 0.5) is 5.69 Å². The maximum absolute atomic E-state index is 10.3. The number of nitrogens with one attached hydrogen (secondary N) is 1. The maximum Gasteiger partial charge on any atom is 0.336 e. The number of halogens is 1. The molecule has 2 fully saturated rings. The van der Waals surface area contributed by atoms with Crippen LogP contribution in [-0.2, 0) is 34.5 Å². The summed E-state index contributed by atoms with van der Waals surface area (Å²) in [7, 11) is 0. The number of pyridine rings is 1. The molecule has 2 aliphatic carbocycles. The molecule has 7 N–H and O–H groups in total. The van der Waals surface area contributed by atoms with E-state index in [1.807, 2.05) is 36.4 Å². The van der Waals surface area contributed by atoms with Crippen LogP contribution in [-0.4, -0.2) is 73.9 Å². The highest BCUT2D eigenvalue weighted by molar-refractivity contribution is 6.31. The van der Waals surface area contributed by atoms with E-state index in [9.17, 15) is 14.4 Å². The molecule has 2 atom stereocenters. The minimum Gasteiger partial charge on any atom is -0.481 e. The summed E-state index contributed by atoms with van der Waals surface area (Å²) in [5, 5.41) is 38.8. The minimum absolute atomic E-state index is 0.132. The van der Waals surface area contributed by atoms with Crippen molar-refractivity contribution in [2.24, 2.45) is 5.73 Å². The molecule has 4 aromatic rings. The van der Waals surface area contributed by atoms with Crippen molar-refractivity contribution < 1.29 is 49.3 Å². The van der Waals surface area contributed by atoms with Crippen LogP contribution in [0.1, 0.15) is 62.5 Å². The van der Waals surface area contributed by atoms with Crippen molar-refractivity contribution in [3.05, 3.63) is 113 Å². The fourth-order valence-electron chi connectivity index (χ4n) is 6.74. The van der Waals surface area contributed by atoms with E-state index in [2.05, 4.69) is 64.9 Å². The van der Waals surface area contributed by atoms with Crippen molar-refractivity contribution in [1.82, 2.24) is 4.98 Å². The number of hydrogen-bond acceptors (Lipinski definition) is 10. The standard InChI is InChI=1S/C23H24O3.C11H12ClN3.C6H8O7/c1-4-10-18(11-5-1)19-16-21-23(17-19,20-12-6-2-7-13-20)26-25-22(24-21)14-8-3-9-15-22;12-8-1-2-9-10(15-6-4-13)3-5-14-11(9)7-8;7-3(8)1-6(13,5(11)12)2-4(9)10/h1-2,4-7,10-13,16,21H,3,8-9,14-15,17H2;1-3,5,7H,4,6,13H2,(H,14,15);13H,1-2H2,(H,7,8)(H,9,10)(H,11,12). The molecule has 2 unspecified atom stereocenters. The number of benzene rings is 3. The molecule has 0 bridgehead atoms. The Morgan fingerprint density at radius 1 is 0.889 bits per heavy atom. The molecule has 1 aromatic heterocycles. The number of aliphatic hydroxyl groups is 1. The SMILES string of the molecule is C1=C(c2ccccc2)CC2(c3ccccc3)OOC3(CCCCC3)OC12.NCCNc1ccnc2cc(Cl)ccc12.O=C(O)CC(O)(CC(=O)O)C(=O)O. The summed E-state index contributed by atoms with van der Waals surface area (Å²) >= 11 is 5.89. The molecule has 1 saturated carbocycles. The van der Waals surface area contributed by atoms with Gasteiger partial charge in [0.05, 0.1) is 18.4 Å². The molecular weight excluding hydrogens is 718 g/mol. The van der Waals surface area contributed by atoms with Gasteiger partial charge in [0.2, 0.25) is 5.79 Å². The molecule has 7 rings (SSSR count). The van der Waals surface area contributed by atoms with Gasteiger partial charge in [0.15, 0.2) is 11.2 Å². The van der Waals surface area contributed by atoms with Crippen LogP contribution in [0.15, 0.2) is 97.2 Å². The summed E-state index contributed by atoms with van der Waals surface area (Å²) in [6.45, 7) is 1.36. The Morgan fingerprint density at radius 2 is 1.54 bits per heavy atom. The maximum atomic E-state index is 10.3. The predicted molar refractivity (Wildman–Crippen MR) is 201 cm³/mol. The third kappa shape index (κ3) is 9.80. The molecule has 3 aromatic carbocycles. The summed E-state index contributed by atoms with van der Waals surface area (Å²) in [5.41, 5.74) is 7.63. The molecule has 54 heavy (non-hydrogen) atoms. The van der Waals surface area contributed by atoms with Crippen molar-refractivity contribution in [3.8, 4) is 0 Å². The fraction of sp³-hybridized carbons (Fsp3) is 0.350. The number of aliphatic carboxylic acids is 3. The predicted octanol–water partition coefficient (Wildman–Crippen LogP) is 6.39. The van der Waals surface area contributed by atoms with Crippen LogP contribution in [0.3, 0.4) is 0 Å². The summed E-state index contributed by atoms with van der Waals surface area (Å²) in [5.74, 6) is -5.60. The highest BCUT2D eigenvalue weighted by atomic mass is 35.5. The Bertz CT molecular complexity index is 1920. The van der Waals surface area contributed by atoms with Gasteiger partial charge in [-0.25, -0.2) is 14.6 Å². The first-order chi connectivity index (χ1) is 25.9. The number of carboxylic acids is 3. The molecule has 13 nitrogen and oxygen atoms in total. The second kappa shape index (κ2) is 18.0. The van der Waals surface area contributed by atoms with Gasteiger partial charge in [0, 0.05) is 54.6 Å². The molecular formula is C40H44ClN3O10. The summed E-state index contributed by atoms with van der Waals surface area (Å²) in [6.07, 6.45) is 7.66. The molecule has 0 amide bonds. The van der Waals surface area contributed by atoms with Crippen molar-refractivity contribution in [3.63, 3.8) is 0 Å².